The van der Waals surface area contributed by atoms with Crippen LogP contribution >= 0.6 is 24.2 Å². The van der Waals surface area contributed by atoms with Gasteiger partial charge in [-0.2, -0.15) is 12.6 Å². The molecule has 1 heterocycles. The molecule has 0 fully saturated rings. The zero-order chi connectivity index (χ0) is 26.7. The van der Waals surface area contributed by atoms with Gasteiger partial charge in [-0.15, -0.1) is 0 Å². The minimum Gasteiger partial charge on any atom is -0.321 e. The predicted octanol–water partition coefficient (Wildman–Crippen LogP) is 3.81. The minimum absolute atomic E-state index is 0.153. The maximum Gasteiger partial charge on any atom is 0.271 e. The molecule has 3 N–H and O–H groups in total. The first-order valence-corrected chi connectivity index (χ1v) is 12.4. The summed E-state index contributed by atoms with van der Waals surface area (Å²) in [6, 6.07) is 17.7. The Kier molecular flexibility index (Phi) is 8.03. The van der Waals surface area contributed by atoms with Crippen LogP contribution in [0.5, 0.6) is 0 Å². The second kappa shape index (κ2) is 11.2. The second-order valence-corrected chi connectivity index (χ2v) is 9.25. The molecule has 0 saturated carbocycles. The number of nitrogens with one attached hydrogen (secondary N) is 1. The Morgan fingerprint density at radius 1 is 1.19 bits per heavy atom. The van der Waals surface area contributed by atoms with Crippen LogP contribution in [0.25, 0.3) is 0 Å². The summed E-state index contributed by atoms with van der Waals surface area (Å²) in [5.41, 5.74) is 8.79. The van der Waals surface area contributed by atoms with Crippen LogP contribution in [0.3, 0.4) is 0 Å². The van der Waals surface area contributed by atoms with Crippen molar-refractivity contribution in [1.29, 1.82) is 0 Å². The number of nitro groups is 1. The maximum absolute atomic E-state index is 14.1. The van der Waals surface area contributed by atoms with Crippen LogP contribution in [0, 0.1) is 17.0 Å². The maximum atomic E-state index is 14.1. The van der Waals surface area contributed by atoms with Gasteiger partial charge in [-0.1, -0.05) is 48.0 Å². The smallest absolute Gasteiger partial charge is 0.271 e. The number of aryl methyl sites for hydroxylation is 1. The standard InChI is InChI=1S/C26H24ClN5O4S/c1-15-7-9-18(32(35)36)12-22(15)31-21-10-8-17(27)11-19(21)24(16-5-3-2-4-6-16)30-25(26(31)34)29-13-23(33)20(28)14-37/h2-12,20,25,29,37H,13-14,28H2,1H3. The van der Waals surface area contributed by atoms with Crippen molar-refractivity contribution in [1.82, 2.24) is 5.32 Å². The number of amides is 1. The monoisotopic (exact) mass is 537 g/mol. The number of hydrogen-bond donors (Lipinski definition) is 3. The number of aliphatic imine (C=N–C) groups is 1. The molecule has 3 aromatic rings. The summed E-state index contributed by atoms with van der Waals surface area (Å²) in [6.07, 6.45) is -1.20. The first-order valence-electron chi connectivity index (χ1n) is 11.4. The summed E-state index contributed by atoms with van der Waals surface area (Å²) in [7, 11) is 0. The van der Waals surface area contributed by atoms with Crippen LogP contribution in [-0.4, -0.2) is 46.8 Å². The molecule has 190 valence electrons. The van der Waals surface area contributed by atoms with E-state index in [1.165, 1.54) is 17.0 Å². The number of carbonyl (C=O) groups is 2. The van der Waals surface area contributed by atoms with Crippen molar-refractivity contribution in [2.24, 2.45) is 10.7 Å². The van der Waals surface area contributed by atoms with E-state index >= 15 is 0 Å². The molecule has 0 aromatic heterocycles. The van der Waals surface area contributed by atoms with Crippen LogP contribution < -0.4 is 16.0 Å². The van der Waals surface area contributed by atoms with Crippen molar-refractivity contribution in [2.75, 3.05) is 17.2 Å². The Labute approximate surface area is 223 Å². The zero-order valence-corrected chi connectivity index (χ0v) is 21.4. The van der Waals surface area contributed by atoms with Gasteiger partial charge in [0.25, 0.3) is 11.6 Å². The fraction of sp³-hybridized carbons (Fsp3) is 0.192. The minimum atomic E-state index is -1.20. The van der Waals surface area contributed by atoms with Crippen LogP contribution in [0.1, 0.15) is 16.7 Å². The largest absolute Gasteiger partial charge is 0.321 e. The Balaban J connectivity index is 1.93. The summed E-state index contributed by atoms with van der Waals surface area (Å²) in [5.74, 6) is -0.701. The Hall–Kier alpha value is -3.57. The number of halogens is 1. The van der Waals surface area contributed by atoms with E-state index in [1.807, 2.05) is 30.3 Å². The predicted molar refractivity (Wildman–Crippen MR) is 147 cm³/mol. The highest BCUT2D eigenvalue weighted by atomic mass is 35.5. The Morgan fingerprint density at radius 2 is 1.92 bits per heavy atom. The molecular formula is C26H24ClN5O4S. The van der Waals surface area contributed by atoms with E-state index in [0.717, 1.165) is 5.56 Å². The average molecular weight is 538 g/mol. The van der Waals surface area contributed by atoms with Crippen molar-refractivity contribution >= 4 is 58.7 Å². The molecule has 1 amide bonds. The quantitative estimate of drug-likeness (QED) is 0.227. The second-order valence-electron chi connectivity index (χ2n) is 8.45. The third-order valence-corrected chi connectivity index (χ3v) is 6.57. The van der Waals surface area contributed by atoms with E-state index in [-0.39, 0.29) is 23.8 Å². The fourth-order valence-corrected chi connectivity index (χ4v) is 4.35. The van der Waals surface area contributed by atoms with Crippen molar-refractivity contribution < 1.29 is 14.5 Å². The summed E-state index contributed by atoms with van der Waals surface area (Å²) in [5, 5.41) is 14.9. The van der Waals surface area contributed by atoms with Gasteiger partial charge in [-0.3, -0.25) is 34.9 Å². The van der Waals surface area contributed by atoms with Crippen molar-refractivity contribution in [3.8, 4) is 0 Å². The van der Waals surface area contributed by atoms with Gasteiger partial charge in [0, 0.05) is 34.0 Å². The Bertz CT molecular complexity index is 1400. The van der Waals surface area contributed by atoms with Crippen LogP contribution in [0.2, 0.25) is 5.02 Å². The van der Waals surface area contributed by atoms with Gasteiger partial charge in [0.05, 0.1) is 34.6 Å². The van der Waals surface area contributed by atoms with Gasteiger partial charge in [0.2, 0.25) is 0 Å². The van der Waals surface area contributed by atoms with Crippen molar-refractivity contribution in [3.05, 3.63) is 98.6 Å². The third-order valence-electron chi connectivity index (χ3n) is 5.94. The molecule has 3 aromatic carbocycles. The number of nitrogens with two attached hydrogens (primary N) is 1. The molecule has 11 heteroatoms. The summed E-state index contributed by atoms with van der Waals surface area (Å²) >= 11 is 10.4. The molecular weight excluding hydrogens is 514 g/mol. The van der Waals surface area contributed by atoms with Gasteiger partial charge >= 0.3 is 0 Å². The molecule has 0 bridgehead atoms. The number of fused-ring (bicyclic) bond motifs is 1. The molecule has 2 atom stereocenters. The lowest BCUT2D eigenvalue weighted by atomic mass is 9.99. The molecule has 0 radical (unpaired) electrons. The number of Topliss-reactive ketones (excluding diaryl/α,β-unsaturated/α-hetero) is 1. The first kappa shape index (κ1) is 26.5. The van der Waals surface area contributed by atoms with E-state index in [9.17, 15) is 19.7 Å². The molecule has 37 heavy (non-hydrogen) atoms. The van der Waals surface area contributed by atoms with Gasteiger partial charge in [-0.25, -0.2) is 0 Å². The van der Waals surface area contributed by atoms with E-state index < -0.39 is 23.0 Å². The highest BCUT2D eigenvalue weighted by Crippen LogP contribution is 2.38. The number of nitrogens with zero attached hydrogens (tertiary/aromatic N) is 3. The number of non-ortho nitro benzene ring substituents is 1. The number of thiol groups is 1. The lowest BCUT2D eigenvalue weighted by Gasteiger charge is -2.27. The van der Waals surface area contributed by atoms with Gasteiger partial charge in [0.1, 0.15) is 0 Å². The van der Waals surface area contributed by atoms with E-state index in [0.29, 0.717) is 33.2 Å². The van der Waals surface area contributed by atoms with Gasteiger partial charge in [0.15, 0.2) is 11.9 Å². The molecule has 4 rings (SSSR count). The van der Waals surface area contributed by atoms with Crippen molar-refractivity contribution in [2.45, 2.75) is 19.1 Å². The fourth-order valence-electron chi connectivity index (χ4n) is 3.98. The number of hydrogen-bond acceptors (Lipinski definition) is 8. The summed E-state index contributed by atoms with van der Waals surface area (Å²) in [6.45, 7) is 1.53. The molecule has 0 aliphatic carbocycles. The van der Waals surface area contributed by atoms with Crippen molar-refractivity contribution in [3.63, 3.8) is 0 Å². The molecule has 0 spiro atoms. The lowest BCUT2D eigenvalue weighted by molar-refractivity contribution is -0.384. The number of benzodiazepines with no additional fused rings is 1. The summed E-state index contributed by atoms with van der Waals surface area (Å²) < 4.78 is 0. The highest BCUT2D eigenvalue weighted by molar-refractivity contribution is 7.80. The number of benzene rings is 3. The molecule has 0 saturated heterocycles. The lowest BCUT2D eigenvalue weighted by Crippen LogP contribution is -2.48. The number of anilines is 2. The van der Waals surface area contributed by atoms with Crippen LogP contribution in [0.4, 0.5) is 17.1 Å². The van der Waals surface area contributed by atoms with E-state index in [1.54, 1.807) is 31.2 Å². The van der Waals surface area contributed by atoms with Gasteiger partial charge in [-0.05, 0) is 30.7 Å². The molecule has 1 aliphatic heterocycles. The average Bonchev–Trinajstić information content (AvgIpc) is 3.01. The first-order chi connectivity index (χ1) is 17.7. The van der Waals surface area contributed by atoms with Gasteiger partial charge < -0.3 is 5.73 Å². The molecule has 1 aliphatic rings. The normalized spacial score (nSPS) is 16.0. The SMILES string of the molecule is Cc1ccc([N+](=O)[O-])cc1N1C(=O)C(NCC(=O)C(N)CS)N=C(c2ccccc2)c2cc(Cl)ccc21. The molecule has 2 unspecified atom stereocenters. The van der Waals surface area contributed by atoms with Crippen LogP contribution in [0.15, 0.2) is 71.7 Å². The number of carbonyl (C=O) groups excluding carboxylic acids is 2. The third kappa shape index (κ3) is 5.57. The number of ketones is 1. The topological polar surface area (TPSA) is 131 Å². The van der Waals surface area contributed by atoms with E-state index in [2.05, 4.69) is 17.9 Å². The van der Waals surface area contributed by atoms with Crippen LogP contribution in [-0.2, 0) is 9.59 Å². The number of nitro benzene ring substituents is 1. The molecule has 9 nitrogen and oxygen atoms in total. The highest BCUT2D eigenvalue weighted by Gasteiger charge is 2.35. The summed E-state index contributed by atoms with van der Waals surface area (Å²) in [4.78, 5) is 43.7. The zero-order valence-electron chi connectivity index (χ0n) is 19.8. The number of rotatable bonds is 8. The van der Waals surface area contributed by atoms with E-state index in [4.69, 9.17) is 22.3 Å². The Morgan fingerprint density at radius 3 is 2.59 bits per heavy atom.